The standard InChI is InChI=1S/C19H14ClN3O3/c1-12-16(20)7-6-15-17(9-10-21-19(12)15)22-18(24)8-5-13-3-2-4-14(11-13)23(25)26/h2-11H,1H3,(H,21,22,24)/b8-5+. The van der Waals surface area contributed by atoms with Crippen LogP contribution >= 0.6 is 11.6 Å². The van der Waals surface area contributed by atoms with Crippen LogP contribution in [0.15, 0.2) is 54.7 Å². The number of nitrogens with zero attached hydrogens (tertiary/aromatic N) is 2. The van der Waals surface area contributed by atoms with Gasteiger partial charge in [-0.3, -0.25) is 19.9 Å². The highest BCUT2D eigenvalue weighted by molar-refractivity contribution is 6.32. The first-order valence-electron chi connectivity index (χ1n) is 7.73. The number of carbonyl (C=O) groups is 1. The number of anilines is 1. The maximum atomic E-state index is 12.2. The Bertz CT molecular complexity index is 1050. The van der Waals surface area contributed by atoms with Crippen molar-refractivity contribution in [2.24, 2.45) is 0 Å². The molecule has 0 saturated heterocycles. The number of benzene rings is 2. The number of nitrogens with one attached hydrogen (secondary N) is 1. The number of non-ortho nitro benzene ring substituents is 1. The summed E-state index contributed by atoms with van der Waals surface area (Å²) >= 11 is 6.11. The van der Waals surface area contributed by atoms with E-state index >= 15 is 0 Å². The van der Waals surface area contributed by atoms with Crippen molar-refractivity contribution >= 4 is 45.9 Å². The minimum Gasteiger partial charge on any atom is -0.322 e. The molecule has 26 heavy (non-hydrogen) atoms. The minimum absolute atomic E-state index is 0.0277. The molecule has 1 amide bonds. The number of carbonyl (C=O) groups excluding carboxylic acids is 1. The van der Waals surface area contributed by atoms with Crippen LogP contribution in [0.25, 0.3) is 17.0 Å². The van der Waals surface area contributed by atoms with Gasteiger partial charge >= 0.3 is 0 Å². The lowest BCUT2D eigenvalue weighted by Gasteiger charge is -2.09. The van der Waals surface area contributed by atoms with Gasteiger partial charge in [0.05, 0.1) is 16.1 Å². The van der Waals surface area contributed by atoms with Gasteiger partial charge in [-0.25, -0.2) is 0 Å². The molecule has 0 radical (unpaired) electrons. The summed E-state index contributed by atoms with van der Waals surface area (Å²) in [7, 11) is 0. The SMILES string of the molecule is Cc1c(Cl)ccc2c(NC(=O)/C=C/c3cccc([N+](=O)[O-])c3)ccnc12. The molecule has 1 N–H and O–H groups in total. The summed E-state index contributed by atoms with van der Waals surface area (Å²) in [5, 5.41) is 15.0. The predicted octanol–water partition coefficient (Wildman–Crippen LogP) is 4.76. The molecule has 1 heterocycles. The molecule has 3 rings (SSSR count). The van der Waals surface area contributed by atoms with E-state index < -0.39 is 4.92 Å². The number of hydrogen-bond donors (Lipinski definition) is 1. The van der Waals surface area contributed by atoms with Crippen LogP contribution in [0.3, 0.4) is 0 Å². The van der Waals surface area contributed by atoms with E-state index in [2.05, 4.69) is 10.3 Å². The van der Waals surface area contributed by atoms with E-state index in [1.165, 1.54) is 24.3 Å². The highest BCUT2D eigenvalue weighted by atomic mass is 35.5. The molecule has 0 atom stereocenters. The molecule has 6 nitrogen and oxygen atoms in total. The van der Waals surface area contributed by atoms with Crippen LogP contribution in [0.1, 0.15) is 11.1 Å². The zero-order valence-corrected chi connectivity index (χ0v) is 14.5. The van der Waals surface area contributed by atoms with Crippen molar-refractivity contribution in [1.29, 1.82) is 0 Å². The fourth-order valence-electron chi connectivity index (χ4n) is 2.53. The topological polar surface area (TPSA) is 85.1 Å². The Morgan fingerprint density at radius 1 is 1.27 bits per heavy atom. The number of fused-ring (bicyclic) bond motifs is 1. The van der Waals surface area contributed by atoms with Gasteiger partial charge in [0.1, 0.15) is 0 Å². The highest BCUT2D eigenvalue weighted by Gasteiger charge is 2.09. The Hall–Kier alpha value is -3.25. The Morgan fingerprint density at radius 2 is 2.08 bits per heavy atom. The summed E-state index contributed by atoms with van der Waals surface area (Å²) in [5.41, 5.74) is 2.71. The number of amides is 1. The van der Waals surface area contributed by atoms with Crippen LogP contribution in [0.2, 0.25) is 5.02 Å². The lowest BCUT2D eigenvalue weighted by molar-refractivity contribution is -0.384. The smallest absolute Gasteiger partial charge is 0.270 e. The number of hydrogen-bond acceptors (Lipinski definition) is 4. The van der Waals surface area contributed by atoms with Crippen LogP contribution in [-0.4, -0.2) is 15.8 Å². The molecule has 0 aliphatic heterocycles. The second-order valence-electron chi connectivity index (χ2n) is 5.60. The summed E-state index contributed by atoms with van der Waals surface area (Å²) in [6, 6.07) is 11.3. The second kappa shape index (κ2) is 7.33. The van der Waals surface area contributed by atoms with Gasteiger partial charge < -0.3 is 5.32 Å². The molecular formula is C19H14ClN3O3. The summed E-state index contributed by atoms with van der Waals surface area (Å²) in [4.78, 5) is 26.9. The van der Waals surface area contributed by atoms with Gasteiger partial charge in [-0.05, 0) is 42.3 Å². The number of aryl methyl sites for hydroxylation is 1. The Kier molecular flexibility index (Phi) is 4.95. The average Bonchev–Trinajstić information content (AvgIpc) is 2.63. The minimum atomic E-state index is -0.478. The molecule has 0 aliphatic carbocycles. The van der Waals surface area contributed by atoms with Crippen LogP contribution in [0.4, 0.5) is 11.4 Å². The molecular weight excluding hydrogens is 354 g/mol. The number of nitro groups is 1. The third kappa shape index (κ3) is 3.70. The van der Waals surface area contributed by atoms with Gasteiger partial charge in [0, 0.05) is 34.8 Å². The van der Waals surface area contributed by atoms with Crippen LogP contribution in [0.5, 0.6) is 0 Å². The molecule has 0 unspecified atom stereocenters. The lowest BCUT2D eigenvalue weighted by Crippen LogP contribution is -2.08. The number of rotatable bonds is 4. The van der Waals surface area contributed by atoms with E-state index in [-0.39, 0.29) is 11.6 Å². The molecule has 0 spiro atoms. The van der Waals surface area contributed by atoms with E-state index in [9.17, 15) is 14.9 Å². The molecule has 3 aromatic rings. The third-order valence-corrected chi connectivity index (χ3v) is 4.28. The summed E-state index contributed by atoms with van der Waals surface area (Å²) in [6.45, 7) is 1.87. The van der Waals surface area contributed by atoms with Crippen molar-refractivity contribution in [3.63, 3.8) is 0 Å². The summed E-state index contributed by atoms with van der Waals surface area (Å²) in [5.74, 6) is -0.350. The van der Waals surface area contributed by atoms with Gasteiger partial charge in [0.15, 0.2) is 0 Å². The van der Waals surface area contributed by atoms with Gasteiger partial charge in [-0.15, -0.1) is 0 Å². The quantitative estimate of drug-likeness (QED) is 0.409. The Labute approximate surface area is 154 Å². The van der Waals surface area contributed by atoms with E-state index in [1.807, 2.05) is 6.92 Å². The fourth-order valence-corrected chi connectivity index (χ4v) is 2.69. The molecule has 0 saturated carbocycles. The van der Waals surface area contributed by atoms with Gasteiger partial charge in [-0.1, -0.05) is 23.7 Å². The summed E-state index contributed by atoms with van der Waals surface area (Å²) in [6.07, 6.45) is 4.45. The van der Waals surface area contributed by atoms with Gasteiger partial charge in [-0.2, -0.15) is 0 Å². The molecule has 1 aromatic heterocycles. The largest absolute Gasteiger partial charge is 0.322 e. The number of pyridine rings is 1. The predicted molar refractivity (Wildman–Crippen MR) is 102 cm³/mol. The van der Waals surface area contributed by atoms with Crippen molar-refractivity contribution < 1.29 is 9.72 Å². The van der Waals surface area contributed by atoms with E-state index in [4.69, 9.17) is 11.6 Å². The molecule has 0 fully saturated rings. The van der Waals surface area contributed by atoms with Crippen molar-refractivity contribution in [1.82, 2.24) is 4.98 Å². The van der Waals surface area contributed by atoms with E-state index in [0.29, 0.717) is 16.3 Å². The van der Waals surface area contributed by atoms with Crippen molar-refractivity contribution in [2.45, 2.75) is 6.92 Å². The maximum Gasteiger partial charge on any atom is 0.270 e. The first-order chi connectivity index (χ1) is 12.5. The zero-order valence-electron chi connectivity index (χ0n) is 13.8. The Balaban J connectivity index is 1.83. The van der Waals surface area contributed by atoms with E-state index in [0.717, 1.165) is 16.5 Å². The maximum absolute atomic E-state index is 12.2. The zero-order chi connectivity index (χ0) is 18.7. The van der Waals surface area contributed by atoms with Crippen molar-refractivity contribution in [3.8, 4) is 0 Å². The molecule has 0 bridgehead atoms. The Morgan fingerprint density at radius 3 is 2.85 bits per heavy atom. The van der Waals surface area contributed by atoms with Crippen LogP contribution in [-0.2, 0) is 4.79 Å². The van der Waals surface area contributed by atoms with Crippen LogP contribution in [0, 0.1) is 17.0 Å². The molecule has 7 heteroatoms. The highest BCUT2D eigenvalue weighted by Crippen LogP contribution is 2.28. The average molecular weight is 368 g/mol. The molecule has 0 aliphatic rings. The second-order valence-corrected chi connectivity index (χ2v) is 6.01. The van der Waals surface area contributed by atoms with Crippen molar-refractivity contribution in [3.05, 3.63) is 81.0 Å². The van der Waals surface area contributed by atoms with Crippen molar-refractivity contribution in [2.75, 3.05) is 5.32 Å². The number of halogens is 1. The fraction of sp³-hybridized carbons (Fsp3) is 0.0526. The lowest BCUT2D eigenvalue weighted by atomic mass is 10.1. The number of aromatic nitrogens is 1. The molecule has 2 aromatic carbocycles. The number of nitro benzene ring substituents is 1. The van der Waals surface area contributed by atoms with E-state index in [1.54, 1.807) is 36.5 Å². The first-order valence-corrected chi connectivity index (χ1v) is 8.11. The van der Waals surface area contributed by atoms with Gasteiger partial charge in [0.2, 0.25) is 5.91 Å². The molecule has 130 valence electrons. The first kappa shape index (κ1) is 17.6. The van der Waals surface area contributed by atoms with Crippen LogP contribution < -0.4 is 5.32 Å². The monoisotopic (exact) mass is 367 g/mol. The summed E-state index contributed by atoms with van der Waals surface area (Å²) < 4.78 is 0. The van der Waals surface area contributed by atoms with Gasteiger partial charge in [0.25, 0.3) is 5.69 Å². The third-order valence-electron chi connectivity index (χ3n) is 3.87. The normalized spacial score (nSPS) is 11.0.